The quantitative estimate of drug-likeness (QED) is 0.868. The number of rotatable bonds is 4. The number of hydrogen-bond donors (Lipinski definition) is 1. The van der Waals surface area contributed by atoms with Crippen molar-refractivity contribution in [1.82, 2.24) is 30.0 Å². The monoisotopic (exact) mass is 390 g/mol. The number of carbonyl (C=O) groups is 1. The van der Waals surface area contributed by atoms with E-state index in [0.29, 0.717) is 25.2 Å². The number of nitrogens with zero attached hydrogens (tertiary/aromatic N) is 5. The van der Waals surface area contributed by atoms with E-state index in [-0.39, 0.29) is 17.6 Å². The first kappa shape index (κ1) is 18.9. The minimum absolute atomic E-state index is 0.140. The molecule has 0 bridgehead atoms. The Morgan fingerprint density at radius 2 is 2.21 bits per heavy atom. The molecular weight excluding hydrogens is 366 g/mol. The second kappa shape index (κ2) is 7.54. The van der Waals surface area contributed by atoms with E-state index in [2.05, 4.69) is 15.4 Å². The van der Waals surface area contributed by atoms with E-state index in [1.807, 2.05) is 6.20 Å². The molecule has 150 valence electrons. The molecule has 2 aromatic rings. The second-order valence-corrected chi connectivity index (χ2v) is 7.49. The molecular formula is C19H24F2N6O. The Morgan fingerprint density at radius 3 is 2.89 bits per heavy atom. The van der Waals surface area contributed by atoms with E-state index in [9.17, 15) is 13.6 Å². The maximum atomic E-state index is 12.9. The topological polar surface area (TPSA) is 75.9 Å². The van der Waals surface area contributed by atoms with Crippen molar-refractivity contribution >= 4 is 5.91 Å². The molecule has 0 saturated carbocycles. The lowest BCUT2D eigenvalue weighted by molar-refractivity contribution is -0.135. The summed E-state index contributed by atoms with van der Waals surface area (Å²) in [7, 11) is 0. The Bertz CT molecular complexity index is 877. The SMILES string of the molecule is Cc1cc(C(F)F)nn1C(C)C(=O)N1CCc2nc(C3CCCN3)ncc2C1. The van der Waals surface area contributed by atoms with Crippen LogP contribution in [0.1, 0.15) is 66.7 Å². The molecule has 1 N–H and O–H groups in total. The molecule has 2 aliphatic rings. The molecule has 9 heteroatoms. The summed E-state index contributed by atoms with van der Waals surface area (Å²) in [5, 5.41) is 7.31. The average molecular weight is 390 g/mol. The van der Waals surface area contributed by atoms with Crippen LogP contribution in [0.5, 0.6) is 0 Å². The fourth-order valence-corrected chi connectivity index (χ4v) is 3.97. The van der Waals surface area contributed by atoms with Gasteiger partial charge in [-0.25, -0.2) is 18.7 Å². The van der Waals surface area contributed by atoms with E-state index in [0.717, 1.165) is 36.5 Å². The number of aryl methyl sites for hydroxylation is 1. The van der Waals surface area contributed by atoms with Crippen LogP contribution in [0, 0.1) is 6.92 Å². The number of carbonyl (C=O) groups excluding carboxylic acids is 1. The number of fused-ring (bicyclic) bond motifs is 1. The van der Waals surface area contributed by atoms with Crippen LogP contribution in [-0.2, 0) is 17.8 Å². The number of aromatic nitrogens is 4. The molecule has 1 saturated heterocycles. The molecule has 0 aromatic carbocycles. The van der Waals surface area contributed by atoms with Crippen LogP contribution in [0.3, 0.4) is 0 Å². The van der Waals surface area contributed by atoms with E-state index in [1.165, 1.54) is 10.7 Å². The van der Waals surface area contributed by atoms with Crippen molar-refractivity contribution in [3.63, 3.8) is 0 Å². The van der Waals surface area contributed by atoms with Gasteiger partial charge < -0.3 is 10.2 Å². The lowest BCUT2D eigenvalue weighted by atomic mass is 10.1. The van der Waals surface area contributed by atoms with E-state index >= 15 is 0 Å². The van der Waals surface area contributed by atoms with Crippen molar-refractivity contribution in [1.29, 1.82) is 0 Å². The smallest absolute Gasteiger partial charge is 0.282 e. The zero-order valence-corrected chi connectivity index (χ0v) is 16.0. The van der Waals surface area contributed by atoms with Gasteiger partial charge in [-0.15, -0.1) is 0 Å². The van der Waals surface area contributed by atoms with Crippen molar-refractivity contribution in [3.05, 3.63) is 40.7 Å². The number of amides is 1. The third kappa shape index (κ3) is 3.50. The molecule has 0 spiro atoms. The number of halogens is 2. The van der Waals surface area contributed by atoms with Gasteiger partial charge in [-0.1, -0.05) is 0 Å². The van der Waals surface area contributed by atoms with Crippen LogP contribution in [0.4, 0.5) is 8.78 Å². The summed E-state index contributed by atoms with van der Waals surface area (Å²) >= 11 is 0. The van der Waals surface area contributed by atoms with E-state index in [4.69, 9.17) is 4.98 Å². The van der Waals surface area contributed by atoms with Crippen LogP contribution < -0.4 is 5.32 Å². The molecule has 1 amide bonds. The first-order valence-corrected chi connectivity index (χ1v) is 9.65. The van der Waals surface area contributed by atoms with Gasteiger partial charge in [0.25, 0.3) is 6.43 Å². The van der Waals surface area contributed by atoms with E-state index < -0.39 is 12.5 Å². The second-order valence-electron chi connectivity index (χ2n) is 7.49. The largest absolute Gasteiger partial charge is 0.336 e. The summed E-state index contributed by atoms with van der Waals surface area (Å²) in [4.78, 5) is 23.9. The van der Waals surface area contributed by atoms with Gasteiger partial charge in [0.2, 0.25) is 5.91 Å². The fraction of sp³-hybridized carbons (Fsp3) is 0.579. The highest BCUT2D eigenvalue weighted by Crippen LogP contribution is 2.25. The van der Waals surface area contributed by atoms with Crippen molar-refractivity contribution in [2.75, 3.05) is 13.1 Å². The summed E-state index contributed by atoms with van der Waals surface area (Å²) in [5.74, 6) is 0.690. The van der Waals surface area contributed by atoms with Gasteiger partial charge in [0.05, 0.1) is 11.7 Å². The summed E-state index contributed by atoms with van der Waals surface area (Å²) < 4.78 is 27.2. The Morgan fingerprint density at radius 1 is 1.39 bits per heavy atom. The first-order chi connectivity index (χ1) is 13.4. The number of hydrogen-bond acceptors (Lipinski definition) is 5. The van der Waals surface area contributed by atoms with Gasteiger partial charge in [0, 0.05) is 37.0 Å². The Balaban J connectivity index is 1.48. The summed E-state index contributed by atoms with van der Waals surface area (Å²) in [6.07, 6.45) is 2.01. The van der Waals surface area contributed by atoms with Crippen LogP contribution >= 0.6 is 0 Å². The van der Waals surface area contributed by atoms with Crippen molar-refractivity contribution in [2.45, 2.75) is 58.2 Å². The average Bonchev–Trinajstić information content (AvgIpc) is 3.36. The van der Waals surface area contributed by atoms with Gasteiger partial charge in [0.15, 0.2) is 0 Å². The molecule has 4 rings (SSSR count). The zero-order valence-electron chi connectivity index (χ0n) is 16.0. The lowest BCUT2D eigenvalue weighted by Gasteiger charge is -2.31. The van der Waals surface area contributed by atoms with Gasteiger partial charge in [-0.2, -0.15) is 5.10 Å². The van der Waals surface area contributed by atoms with Crippen LogP contribution in [0.2, 0.25) is 0 Å². The Hall–Kier alpha value is -2.42. The fourth-order valence-electron chi connectivity index (χ4n) is 3.97. The lowest BCUT2D eigenvalue weighted by Crippen LogP contribution is -2.40. The first-order valence-electron chi connectivity index (χ1n) is 9.65. The van der Waals surface area contributed by atoms with Crippen LogP contribution in [-0.4, -0.2) is 43.6 Å². The van der Waals surface area contributed by atoms with Gasteiger partial charge in [-0.05, 0) is 39.3 Å². The maximum Gasteiger partial charge on any atom is 0.282 e. The molecule has 1 fully saturated rings. The Labute approximate surface area is 162 Å². The molecule has 0 aliphatic carbocycles. The van der Waals surface area contributed by atoms with Gasteiger partial charge in [0.1, 0.15) is 17.6 Å². The molecule has 2 atom stereocenters. The molecule has 2 unspecified atom stereocenters. The third-order valence-electron chi connectivity index (χ3n) is 5.53. The minimum Gasteiger partial charge on any atom is -0.336 e. The molecule has 2 aliphatic heterocycles. The van der Waals surface area contributed by atoms with Gasteiger partial charge in [-0.3, -0.25) is 9.48 Å². The highest BCUT2D eigenvalue weighted by molar-refractivity contribution is 5.80. The molecule has 28 heavy (non-hydrogen) atoms. The minimum atomic E-state index is -2.65. The normalized spacial score (nSPS) is 20.5. The van der Waals surface area contributed by atoms with Crippen molar-refractivity contribution in [2.24, 2.45) is 0 Å². The molecule has 2 aromatic heterocycles. The van der Waals surface area contributed by atoms with Crippen LogP contribution in [0.25, 0.3) is 0 Å². The molecule has 4 heterocycles. The van der Waals surface area contributed by atoms with Gasteiger partial charge >= 0.3 is 0 Å². The molecule has 7 nitrogen and oxygen atoms in total. The van der Waals surface area contributed by atoms with Crippen LogP contribution in [0.15, 0.2) is 12.3 Å². The number of nitrogens with one attached hydrogen (secondary N) is 1. The highest BCUT2D eigenvalue weighted by atomic mass is 19.3. The maximum absolute atomic E-state index is 12.9. The summed E-state index contributed by atoms with van der Waals surface area (Å²) in [6.45, 7) is 5.34. The number of alkyl halides is 2. The summed E-state index contributed by atoms with van der Waals surface area (Å²) in [6, 6.07) is 0.903. The van der Waals surface area contributed by atoms with Crippen molar-refractivity contribution < 1.29 is 13.6 Å². The standard InChI is InChI=1S/C19H24F2N6O/c1-11-8-16(17(20)21)25-27(11)12(2)19(28)26-7-5-14-13(10-26)9-23-18(24-14)15-4-3-6-22-15/h8-9,12,15,17,22H,3-7,10H2,1-2H3. The highest BCUT2D eigenvalue weighted by Gasteiger charge is 2.29. The zero-order chi connectivity index (χ0) is 19.8. The van der Waals surface area contributed by atoms with E-state index in [1.54, 1.807) is 18.7 Å². The third-order valence-corrected chi connectivity index (χ3v) is 5.53. The van der Waals surface area contributed by atoms with Crippen molar-refractivity contribution in [3.8, 4) is 0 Å². The summed E-state index contributed by atoms with van der Waals surface area (Å²) in [5.41, 5.74) is 2.18. The predicted octanol–water partition coefficient (Wildman–Crippen LogP) is 2.49. The predicted molar refractivity (Wildman–Crippen MR) is 97.8 cm³/mol. The molecule has 0 radical (unpaired) electrons. The Kier molecular flexibility index (Phi) is 5.09.